The molecule has 3 aromatic rings. The summed E-state index contributed by atoms with van der Waals surface area (Å²) < 4.78 is 5.34. The molecule has 2 aromatic heterocycles. The number of ether oxygens (including phenoxy) is 1. The summed E-state index contributed by atoms with van der Waals surface area (Å²) in [5.41, 5.74) is 5.39. The van der Waals surface area contributed by atoms with Crippen molar-refractivity contribution in [3.05, 3.63) is 77.2 Å². The van der Waals surface area contributed by atoms with Crippen LogP contribution in [0.15, 0.2) is 54.9 Å². The Kier molecular flexibility index (Phi) is 6.49. The monoisotopic (exact) mass is 446 g/mol. The molecule has 3 N–H and O–H groups in total. The highest BCUT2D eigenvalue weighted by Gasteiger charge is 2.23. The van der Waals surface area contributed by atoms with Crippen molar-refractivity contribution in [3.8, 4) is 11.3 Å². The van der Waals surface area contributed by atoms with E-state index in [1.165, 1.54) is 5.56 Å². The van der Waals surface area contributed by atoms with Crippen LogP contribution in [0.4, 0.5) is 4.79 Å². The third-order valence-corrected chi connectivity index (χ3v) is 5.53. The number of pyridine rings is 1. The van der Waals surface area contributed by atoms with Gasteiger partial charge in [0, 0.05) is 30.2 Å². The van der Waals surface area contributed by atoms with Gasteiger partial charge in [0.25, 0.3) is 5.91 Å². The van der Waals surface area contributed by atoms with E-state index in [2.05, 4.69) is 20.6 Å². The third-order valence-electron chi connectivity index (χ3n) is 5.53. The van der Waals surface area contributed by atoms with Crippen molar-refractivity contribution in [2.75, 3.05) is 6.54 Å². The van der Waals surface area contributed by atoms with Crippen LogP contribution < -0.4 is 10.6 Å². The molecule has 2 amide bonds. The first-order chi connectivity index (χ1) is 15.8. The first-order valence-corrected chi connectivity index (χ1v) is 11.3. The van der Waals surface area contributed by atoms with Crippen LogP contribution in [0.5, 0.6) is 0 Å². The lowest BCUT2D eigenvalue weighted by atomic mass is 9.92. The number of carbonyl (C=O) groups excluding carboxylic acids is 2. The molecule has 172 valence electrons. The Morgan fingerprint density at radius 3 is 2.64 bits per heavy atom. The zero-order valence-corrected chi connectivity index (χ0v) is 19.3. The molecule has 0 fully saturated rings. The topological polar surface area (TPSA) is 96.1 Å². The molecule has 0 spiro atoms. The molecule has 0 saturated carbocycles. The van der Waals surface area contributed by atoms with Gasteiger partial charge < -0.3 is 20.4 Å². The Hall–Kier alpha value is -3.61. The number of nitrogens with one attached hydrogen (secondary N) is 3. The van der Waals surface area contributed by atoms with Gasteiger partial charge in [-0.2, -0.15) is 0 Å². The van der Waals surface area contributed by atoms with Gasteiger partial charge in [-0.25, -0.2) is 4.79 Å². The fourth-order valence-corrected chi connectivity index (χ4v) is 4.05. The maximum atomic E-state index is 13.1. The summed E-state index contributed by atoms with van der Waals surface area (Å²) in [6, 6.07) is 13.5. The quantitative estimate of drug-likeness (QED) is 0.532. The number of benzene rings is 1. The largest absolute Gasteiger partial charge is 0.444 e. The van der Waals surface area contributed by atoms with Gasteiger partial charge in [-0.05, 0) is 68.9 Å². The summed E-state index contributed by atoms with van der Waals surface area (Å²) in [5.74, 6) is -0.202. The molecule has 7 nitrogen and oxygen atoms in total. The van der Waals surface area contributed by atoms with Crippen LogP contribution in [-0.4, -0.2) is 40.2 Å². The highest BCUT2D eigenvalue weighted by molar-refractivity contribution is 5.94. The highest BCUT2D eigenvalue weighted by Crippen LogP contribution is 2.32. The first-order valence-electron chi connectivity index (χ1n) is 11.3. The van der Waals surface area contributed by atoms with E-state index in [9.17, 15) is 9.59 Å². The van der Waals surface area contributed by atoms with E-state index in [4.69, 9.17) is 4.74 Å². The Bertz CT molecular complexity index is 1130. The molecule has 0 radical (unpaired) electrons. The number of alkyl carbamates (subject to hydrolysis) is 1. The Morgan fingerprint density at radius 2 is 1.88 bits per heavy atom. The van der Waals surface area contributed by atoms with Crippen molar-refractivity contribution in [1.82, 2.24) is 20.6 Å². The number of fused-ring (bicyclic) bond motifs is 3. The zero-order valence-electron chi connectivity index (χ0n) is 19.3. The lowest BCUT2D eigenvalue weighted by molar-refractivity contribution is 0.0519. The molecular formula is C26H30N4O3. The average Bonchev–Trinajstić information content (AvgIpc) is 3.22. The van der Waals surface area contributed by atoms with Crippen molar-refractivity contribution in [2.24, 2.45) is 0 Å². The van der Waals surface area contributed by atoms with Crippen LogP contribution in [0.3, 0.4) is 0 Å². The van der Waals surface area contributed by atoms with E-state index >= 15 is 0 Å². The van der Waals surface area contributed by atoms with Crippen molar-refractivity contribution in [3.63, 3.8) is 0 Å². The predicted octanol–water partition coefficient (Wildman–Crippen LogP) is 4.04. The summed E-state index contributed by atoms with van der Waals surface area (Å²) in [5, 5.41) is 5.87. The number of hydrogen-bond donors (Lipinski definition) is 3. The van der Waals surface area contributed by atoms with Crippen LogP contribution >= 0.6 is 0 Å². The molecule has 1 atom stereocenters. The van der Waals surface area contributed by atoms with Crippen LogP contribution in [0.2, 0.25) is 0 Å². The second kappa shape index (κ2) is 9.48. The fraction of sp³-hybridized carbons (Fsp3) is 0.346. The van der Waals surface area contributed by atoms with Gasteiger partial charge in [0.1, 0.15) is 11.3 Å². The van der Waals surface area contributed by atoms with Crippen molar-refractivity contribution in [2.45, 2.75) is 51.7 Å². The van der Waals surface area contributed by atoms with Crippen LogP contribution in [0, 0.1) is 0 Å². The number of carbonyl (C=O) groups is 2. The minimum atomic E-state index is -0.586. The zero-order chi connectivity index (χ0) is 23.4. The van der Waals surface area contributed by atoms with Crippen molar-refractivity contribution < 1.29 is 14.3 Å². The predicted molar refractivity (Wildman–Crippen MR) is 127 cm³/mol. The fourth-order valence-electron chi connectivity index (χ4n) is 4.05. The minimum absolute atomic E-state index is 0.202. The van der Waals surface area contributed by atoms with E-state index in [0.29, 0.717) is 12.1 Å². The van der Waals surface area contributed by atoms with Gasteiger partial charge in [-0.1, -0.05) is 30.3 Å². The molecule has 1 aromatic carbocycles. The molecule has 0 saturated heterocycles. The molecule has 0 unspecified atom stereocenters. The standard InChI is InChI=1S/C26H30N4O3/c1-26(2,3)33-25(32)28-16-20(13-17-7-5-4-6-8-17)29-24(31)22-14-18-9-10-19-15-27-12-11-21(19)23(18)30-22/h4-8,11-12,14-15,20,30H,9-10,13,16H2,1-3H3,(H,28,32)(H,29,31)/t20-/m0/s1. The number of aromatic amines is 1. The minimum Gasteiger partial charge on any atom is -0.444 e. The first kappa shape index (κ1) is 22.6. The normalized spacial score (nSPS) is 13.4. The van der Waals surface area contributed by atoms with Crippen molar-refractivity contribution in [1.29, 1.82) is 0 Å². The van der Waals surface area contributed by atoms with E-state index in [1.807, 2.05) is 69.4 Å². The average molecular weight is 447 g/mol. The lowest BCUT2D eigenvalue weighted by Crippen LogP contribution is -2.46. The summed E-state index contributed by atoms with van der Waals surface area (Å²) >= 11 is 0. The number of rotatable bonds is 6. The molecule has 0 bridgehead atoms. The molecule has 4 rings (SSSR count). The van der Waals surface area contributed by atoms with Gasteiger partial charge in [0.2, 0.25) is 0 Å². The second-order valence-electron chi connectivity index (χ2n) is 9.36. The Morgan fingerprint density at radius 1 is 1.12 bits per heavy atom. The number of H-pyrrole nitrogens is 1. The Balaban J connectivity index is 1.48. The molecule has 33 heavy (non-hydrogen) atoms. The smallest absolute Gasteiger partial charge is 0.407 e. The van der Waals surface area contributed by atoms with Gasteiger partial charge in [0.15, 0.2) is 0 Å². The number of nitrogens with zero attached hydrogens (tertiary/aromatic N) is 1. The van der Waals surface area contributed by atoms with Crippen LogP contribution in [0.1, 0.15) is 48.0 Å². The summed E-state index contributed by atoms with van der Waals surface area (Å²) in [6.45, 7) is 5.70. The maximum Gasteiger partial charge on any atom is 0.407 e. The van der Waals surface area contributed by atoms with E-state index < -0.39 is 11.7 Å². The molecule has 1 aliphatic rings. The molecular weight excluding hydrogens is 416 g/mol. The van der Waals surface area contributed by atoms with E-state index in [-0.39, 0.29) is 18.5 Å². The molecule has 1 aliphatic carbocycles. The van der Waals surface area contributed by atoms with E-state index in [0.717, 1.165) is 35.2 Å². The Labute approximate surface area is 194 Å². The van der Waals surface area contributed by atoms with Gasteiger partial charge in [0.05, 0.1) is 6.04 Å². The summed E-state index contributed by atoms with van der Waals surface area (Å²) in [6.07, 6.45) is 5.51. The second-order valence-corrected chi connectivity index (χ2v) is 9.36. The summed E-state index contributed by atoms with van der Waals surface area (Å²) in [4.78, 5) is 32.8. The van der Waals surface area contributed by atoms with Gasteiger partial charge in [-0.3, -0.25) is 9.78 Å². The number of amides is 2. The van der Waals surface area contributed by atoms with Gasteiger partial charge >= 0.3 is 6.09 Å². The number of aryl methyl sites for hydroxylation is 2. The molecule has 0 aliphatic heterocycles. The van der Waals surface area contributed by atoms with Gasteiger partial charge in [-0.15, -0.1) is 0 Å². The molecule has 7 heteroatoms. The SMILES string of the molecule is CC(C)(C)OC(=O)NC[C@H](Cc1ccccc1)NC(=O)c1cc2c([nH]1)-c1ccncc1CC2. The van der Waals surface area contributed by atoms with Crippen LogP contribution in [0.25, 0.3) is 11.3 Å². The highest BCUT2D eigenvalue weighted by atomic mass is 16.6. The third kappa shape index (κ3) is 5.80. The number of aromatic nitrogens is 2. The summed E-state index contributed by atoms with van der Waals surface area (Å²) in [7, 11) is 0. The van der Waals surface area contributed by atoms with Crippen molar-refractivity contribution >= 4 is 12.0 Å². The van der Waals surface area contributed by atoms with Crippen LogP contribution in [-0.2, 0) is 24.0 Å². The van der Waals surface area contributed by atoms with E-state index in [1.54, 1.807) is 6.20 Å². The maximum absolute atomic E-state index is 13.1. The lowest BCUT2D eigenvalue weighted by Gasteiger charge is -2.22. The molecule has 2 heterocycles. The number of hydrogen-bond acceptors (Lipinski definition) is 4.